The van der Waals surface area contributed by atoms with Crippen molar-refractivity contribution in [2.45, 2.75) is 26.3 Å². The summed E-state index contributed by atoms with van der Waals surface area (Å²) in [5.74, 6) is 1.58. The van der Waals surface area contributed by atoms with Crippen molar-refractivity contribution in [3.05, 3.63) is 29.8 Å². The molecule has 0 bridgehead atoms. The summed E-state index contributed by atoms with van der Waals surface area (Å²) in [6.45, 7) is 5.52. The Bertz CT molecular complexity index is 548. The normalized spacial score (nSPS) is 17.8. The van der Waals surface area contributed by atoms with E-state index in [0.717, 1.165) is 38.2 Å². The Kier molecular flexibility index (Phi) is 5.65. The van der Waals surface area contributed by atoms with Gasteiger partial charge in [0.2, 0.25) is 0 Å². The summed E-state index contributed by atoms with van der Waals surface area (Å²) < 4.78 is 28.2. The van der Waals surface area contributed by atoms with E-state index < -0.39 is 9.84 Å². The molecule has 2 rings (SSSR count). The average Bonchev–Trinajstić information content (AvgIpc) is 2.40. The van der Waals surface area contributed by atoms with Crippen molar-refractivity contribution < 1.29 is 13.2 Å². The number of rotatable bonds is 6. The fourth-order valence-corrected chi connectivity index (χ4v) is 4.09. The van der Waals surface area contributed by atoms with Gasteiger partial charge >= 0.3 is 0 Å². The third-order valence-corrected chi connectivity index (χ3v) is 4.94. The van der Waals surface area contributed by atoms with Gasteiger partial charge in [0.05, 0.1) is 12.4 Å². The zero-order valence-corrected chi connectivity index (χ0v) is 13.7. The van der Waals surface area contributed by atoms with Crippen LogP contribution in [0.3, 0.4) is 0 Å². The molecule has 0 saturated carbocycles. The van der Waals surface area contributed by atoms with Crippen LogP contribution in [0.15, 0.2) is 24.3 Å². The van der Waals surface area contributed by atoms with Crippen LogP contribution in [0, 0.1) is 5.92 Å². The summed E-state index contributed by atoms with van der Waals surface area (Å²) in [5.41, 5.74) is 1.25. The van der Waals surface area contributed by atoms with Crippen molar-refractivity contribution in [2.75, 3.05) is 31.7 Å². The SMILES string of the molecule is CCOc1cccc(CN2CCC(CS(C)(=O)=O)CC2)c1. The number of benzene rings is 1. The molecule has 0 amide bonds. The second kappa shape index (κ2) is 7.27. The molecule has 21 heavy (non-hydrogen) atoms. The Morgan fingerprint density at radius 2 is 2.00 bits per heavy atom. The second-order valence-corrected chi connectivity index (χ2v) is 8.08. The van der Waals surface area contributed by atoms with E-state index in [0.29, 0.717) is 18.3 Å². The topological polar surface area (TPSA) is 46.6 Å². The minimum absolute atomic E-state index is 0.325. The highest BCUT2D eigenvalue weighted by Gasteiger charge is 2.22. The molecule has 1 fully saturated rings. The van der Waals surface area contributed by atoms with Gasteiger partial charge in [-0.15, -0.1) is 0 Å². The number of hydrogen-bond acceptors (Lipinski definition) is 4. The predicted octanol–water partition coefficient (Wildman–Crippen LogP) is 2.34. The molecule has 0 atom stereocenters. The third-order valence-electron chi connectivity index (χ3n) is 3.86. The highest BCUT2D eigenvalue weighted by atomic mass is 32.2. The molecular weight excluding hydrogens is 286 g/mol. The van der Waals surface area contributed by atoms with Crippen LogP contribution < -0.4 is 4.74 Å². The first-order chi connectivity index (χ1) is 9.96. The predicted molar refractivity (Wildman–Crippen MR) is 85.3 cm³/mol. The van der Waals surface area contributed by atoms with Gasteiger partial charge in [-0.25, -0.2) is 8.42 Å². The lowest BCUT2D eigenvalue weighted by Crippen LogP contribution is -2.35. The van der Waals surface area contributed by atoms with Crippen molar-refractivity contribution in [3.63, 3.8) is 0 Å². The number of ether oxygens (including phenoxy) is 1. The molecule has 1 aliphatic rings. The first-order valence-electron chi connectivity index (χ1n) is 7.58. The maximum atomic E-state index is 11.3. The Morgan fingerprint density at radius 1 is 1.29 bits per heavy atom. The molecule has 1 aromatic carbocycles. The molecule has 0 aliphatic carbocycles. The van der Waals surface area contributed by atoms with Gasteiger partial charge in [0, 0.05) is 12.8 Å². The van der Waals surface area contributed by atoms with Crippen molar-refractivity contribution in [1.82, 2.24) is 4.90 Å². The molecule has 118 valence electrons. The first kappa shape index (κ1) is 16.3. The Labute approximate surface area is 128 Å². The number of piperidine rings is 1. The molecule has 1 aromatic rings. The number of hydrogen-bond donors (Lipinski definition) is 0. The summed E-state index contributed by atoms with van der Waals surface area (Å²) in [6, 6.07) is 8.21. The molecule has 0 aromatic heterocycles. The maximum Gasteiger partial charge on any atom is 0.147 e. The monoisotopic (exact) mass is 311 g/mol. The van der Waals surface area contributed by atoms with Crippen LogP contribution in [-0.2, 0) is 16.4 Å². The largest absolute Gasteiger partial charge is 0.494 e. The Morgan fingerprint density at radius 3 is 2.62 bits per heavy atom. The summed E-state index contributed by atoms with van der Waals surface area (Å²) in [7, 11) is -2.85. The summed E-state index contributed by atoms with van der Waals surface area (Å²) in [6.07, 6.45) is 3.27. The molecule has 1 saturated heterocycles. The van der Waals surface area contributed by atoms with Crippen LogP contribution in [0.1, 0.15) is 25.3 Å². The number of likely N-dealkylation sites (tertiary alicyclic amines) is 1. The summed E-state index contributed by atoms with van der Waals surface area (Å²) in [5, 5.41) is 0. The smallest absolute Gasteiger partial charge is 0.147 e. The van der Waals surface area contributed by atoms with Crippen LogP contribution >= 0.6 is 0 Å². The van der Waals surface area contributed by atoms with E-state index in [1.54, 1.807) is 0 Å². The summed E-state index contributed by atoms with van der Waals surface area (Å²) >= 11 is 0. The molecule has 4 nitrogen and oxygen atoms in total. The zero-order chi connectivity index (χ0) is 15.3. The highest BCUT2D eigenvalue weighted by Crippen LogP contribution is 2.21. The van der Waals surface area contributed by atoms with Gasteiger partial charge in [0.1, 0.15) is 15.6 Å². The second-order valence-electron chi connectivity index (χ2n) is 5.89. The minimum Gasteiger partial charge on any atom is -0.494 e. The van der Waals surface area contributed by atoms with Crippen molar-refractivity contribution in [3.8, 4) is 5.75 Å². The minimum atomic E-state index is -2.85. The van der Waals surface area contributed by atoms with Crippen molar-refractivity contribution in [1.29, 1.82) is 0 Å². The molecule has 0 unspecified atom stereocenters. The van der Waals surface area contributed by atoms with Gasteiger partial charge in [-0.3, -0.25) is 4.90 Å². The quantitative estimate of drug-likeness (QED) is 0.809. The van der Waals surface area contributed by atoms with Gasteiger partial charge in [-0.1, -0.05) is 12.1 Å². The Balaban J connectivity index is 1.84. The van der Waals surface area contributed by atoms with Crippen molar-refractivity contribution in [2.24, 2.45) is 5.92 Å². The van der Waals surface area contributed by atoms with Gasteiger partial charge in [0.15, 0.2) is 0 Å². The first-order valence-corrected chi connectivity index (χ1v) is 9.64. The Hall–Kier alpha value is -1.07. The van der Waals surface area contributed by atoms with E-state index >= 15 is 0 Å². The molecule has 1 heterocycles. The van der Waals surface area contributed by atoms with Gasteiger partial charge in [-0.2, -0.15) is 0 Å². The highest BCUT2D eigenvalue weighted by molar-refractivity contribution is 7.90. The molecule has 1 aliphatic heterocycles. The average molecular weight is 311 g/mol. The zero-order valence-electron chi connectivity index (χ0n) is 12.9. The standard InChI is InChI=1S/C16H25NO3S/c1-3-20-16-6-4-5-15(11-16)12-17-9-7-14(8-10-17)13-21(2,18)19/h4-6,11,14H,3,7-10,12-13H2,1-2H3. The van der Waals surface area contributed by atoms with Crippen LogP contribution in [-0.4, -0.2) is 45.0 Å². The van der Waals surface area contributed by atoms with E-state index in [1.807, 2.05) is 19.1 Å². The number of sulfone groups is 1. The van der Waals surface area contributed by atoms with E-state index in [1.165, 1.54) is 11.8 Å². The maximum absolute atomic E-state index is 11.3. The fraction of sp³-hybridized carbons (Fsp3) is 0.625. The molecule has 0 spiro atoms. The summed E-state index contributed by atoms with van der Waals surface area (Å²) in [4.78, 5) is 2.39. The van der Waals surface area contributed by atoms with Gasteiger partial charge < -0.3 is 4.74 Å². The van der Waals surface area contributed by atoms with Crippen LogP contribution in [0.4, 0.5) is 0 Å². The lowest BCUT2D eigenvalue weighted by Gasteiger charge is -2.31. The molecular formula is C16H25NO3S. The molecule has 5 heteroatoms. The van der Waals surface area contributed by atoms with Crippen LogP contribution in [0.25, 0.3) is 0 Å². The van der Waals surface area contributed by atoms with Gasteiger partial charge in [0.25, 0.3) is 0 Å². The van der Waals surface area contributed by atoms with E-state index in [2.05, 4.69) is 17.0 Å². The van der Waals surface area contributed by atoms with E-state index in [4.69, 9.17) is 4.74 Å². The lowest BCUT2D eigenvalue weighted by atomic mass is 9.98. The fourth-order valence-electron chi connectivity index (χ4n) is 2.90. The van der Waals surface area contributed by atoms with Crippen molar-refractivity contribution >= 4 is 9.84 Å². The third kappa shape index (κ3) is 5.67. The molecule has 0 radical (unpaired) electrons. The lowest BCUT2D eigenvalue weighted by molar-refractivity contribution is 0.186. The van der Waals surface area contributed by atoms with Crippen LogP contribution in [0.5, 0.6) is 5.75 Å². The van der Waals surface area contributed by atoms with Crippen LogP contribution in [0.2, 0.25) is 0 Å². The van der Waals surface area contributed by atoms with Gasteiger partial charge in [-0.05, 0) is 56.5 Å². The van der Waals surface area contributed by atoms with E-state index in [9.17, 15) is 8.42 Å². The van der Waals surface area contributed by atoms with E-state index in [-0.39, 0.29) is 0 Å². The number of nitrogens with zero attached hydrogens (tertiary/aromatic N) is 1. The molecule has 0 N–H and O–H groups in total.